The second kappa shape index (κ2) is 8.99. The largest absolute Gasteiger partial charge is 0.494 e. The molecule has 2 heterocycles. The first kappa shape index (κ1) is 22.4. The molecule has 0 fully saturated rings. The minimum atomic E-state index is -0.501. The minimum Gasteiger partial charge on any atom is -0.494 e. The van der Waals surface area contributed by atoms with Crippen molar-refractivity contribution in [1.82, 2.24) is 14.9 Å². The number of carbonyl (C=O) groups excluding carboxylic acids is 1. The first-order valence-corrected chi connectivity index (χ1v) is 11.0. The summed E-state index contributed by atoms with van der Waals surface area (Å²) in [6, 6.07) is 13.4. The fourth-order valence-corrected chi connectivity index (χ4v) is 4.27. The fourth-order valence-electron chi connectivity index (χ4n) is 3.99. The van der Waals surface area contributed by atoms with Crippen LogP contribution in [-0.2, 0) is 4.79 Å². The maximum atomic E-state index is 12.8. The molecule has 8 heteroatoms. The Morgan fingerprint density at radius 1 is 1.24 bits per heavy atom. The number of para-hydroxylation sites is 1. The molecule has 0 saturated carbocycles. The molecule has 1 aliphatic heterocycles. The van der Waals surface area contributed by atoms with Crippen LogP contribution in [0.2, 0.25) is 0 Å². The monoisotopic (exact) mass is 460 g/mol. The van der Waals surface area contributed by atoms with E-state index in [4.69, 9.17) is 12.2 Å². The van der Waals surface area contributed by atoms with Crippen molar-refractivity contribution in [3.63, 3.8) is 0 Å². The van der Waals surface area contributed by atoms with Gasteiger partial charge in [0.15, 0.2) is 4.77 Å². The summed E-state index contributed by atoms with van der Waals surface area (Å²) in [6.45, 7) is 5.80. The summed E-state index contributed by atoms with van der Waals surface area (Å²) in [7, 11) is 0. The number of amides is 1. The van der Waals surface area contributed by atoms with Crippen LogP contribution in [0.4, 0.5) is 0 Å². The van der Waals surface area contributed by atoms with Crippen LogP contribution in [0.25, 0.3) is 17.3 Å². The van der Waals surface area contributed by atoms with Crippen molar-refractivity contribution >= 4 is 29.8 Å². The molecular formula is C25H24N4O3S. The molecule has 1 aromatic heterocycles. The summed E-state index contributed by atoms with van der Waals surface area (Å²) in [5.74, 6) is -0.371. The lowest BCUT2D eigenvalue weighted by Crippen LogP contribution is -2.25. The minimum absolute atomic E-state index is 0.0622. The van der Waals surface area contributed by atoms with Crippen molar-refractivity contribution in [1.29, 1.82) is 0 Å². The van der Waals surface area contributed by atoms with Gasteiger partial charge in [0.2, 0.25) is 11.8 Å². The summed E-state index contributed by atoms with van der Waals surface area (Å²) < 4.78 is 1.56. The van der Waals surface area contributed by atoms with E-state index in [9.17, 15) is 14.7 Å². The lowest BCUT2D eigenvalue weighted by molar-refractivity contribution is -0.118. The molecule has 0 spiro atoms. The van der Waals surface area contributed by atoms with E-state index in [1.54, 1.807) is 6.08 Å². The highest BCUT2D eigenvalue weighted by Crippen LogP contribution is 2.27. The quantitative estimate of drug-likeness (QED) is 0.510. The highest BCUT2D eigenvalue weighted by Gasteiger charge is 2.18. The van der Waals surface area contributed by atoms with Gasteiger partial charge in [-0.3, -0.25) is 19.1 Å². The topological polar surface area (TPSA) is 99.5 Å². The molecule has 33 heavy (non-hydrogen) atoms. The van der Waals surface area contributed by atoms with E-state index in [2.05, 4.69) is 15.3 Å². The van der Waals surface area contributed by atoms with Crippen molar-refractivity contribution < 1.29 is 9.90 Å². The van der Waals surface area contributed by atoms with Gasteiger partial charge in [-0.25, -0.2) is 4.99 Å². The molecule has 0 bridgehead atoms. The van der Waals surface area contributed by atoms with Crippen molar-refractivity contribution in [2.24, 2.45) is 4.99 Å². The third-order valence-corrected chi connectivity index (χ3v) is 5.81. The molecule has 0 radical (unpaired) electrons. The number of nitrogens with one attached hydrogen (secondary N) is 2. The van der Waals surface area contributed by atoms with Crippen LogP contribution in [0, 0.1) is 18.6 Å². The maximum Gasteiger partial charge on any atom is 0.262 e. The van der Waals surface area contributed by atoms with Gasteiger partial charge in [-0.1, -0.05) is 35.9 Å². The number of rotatable bonds is 5. The highest BCUT2D eigenvalue weighted by molar-refractivity contribution is 7.71. The van der Waals surface area contributed by atoms with Crippen molar-refractivity contribution in [3.8, 4) is 11.6 Å². The molecule has 1 aliphatic rings. The summed E-state index contributed by atoms with van der Waals surface area (Å²) in [5, 5.41) is 15.6. The van der Waals surface area contributed by atoms with E-state index in [0.29, 0.717) is 24.4 Å². The number of aromatic nitrogens is 2. The van der Waals surface area contributed by atoms with Gasteiger partial charge in [0.1, 0.15) is 5.56 Å². The van der Waals surface area contributed by atoms with Crippen LogP contribution in [0.3, 0.4) is 0 Å². The normalized spacial score (nSPS) is 13.7. The fraction of sp³-hybridized carbons (Fsp3) is 0.200. The van der Waals surface area contributed by atoms with E-state index in [0.717, 1.165) is 27.3 Å². The molecule has 4 rings (SSSR count). The van der Waals surface area contributed by atoms with Gasteiger partial charge in [0, 0.05) is 18.7 Å². The number of allylic oxidation sites excluding steroid dienone is 1. The molecule has 0 unspecified atom stereocenters. The number of aryl methyl sites for hydroxylation is 2. The summed E-state index contributed by atoms with van der Waals surface area (Å²) in [6.07, 6.45) is 2.10. The molecule has 1 amide bonds. The lowest BCUT2D eigenvalue weighted by Gasteiger charge is -2.14. The molecule has 3 aromatic rings. The second-order valence-electron chi connectivity index (χ2n) is 7.99. The Kier molecular flexibility index (Phi) is 6.11. The number of fused-ring (bicyclic) bond motifs is 1. The zero-order valence-corrected chi connectivity index (χ0v) is 19.4. The zero-order valence-electron chi connectivity index (χ0n) is 18.6. The Hall–Kier alpha value is -3.78. The predicted molar refractivity (Wildman–Crippen MR) is 130 cm³/mol. The van der Waals surface area contributed by atoms with E-state index in [1.165, 1.54) is 11.5 Å². The summed E-state index contributed by atoms with van der Waals surface area (Å²) in [5.41, 5.74) is 3.68. The average molecular weight is 461 g/mol. The summed E-state index contributed by atoms with van der Waals surface area (Å²) in [4.78, 5) is 31.5. The number of carbonyl (C=O) groups is 1. The Labute approximate surface area is 195 Å². The van der Waals surface area contributed by atoms with Crippen molar-refractivity contribution in [2.45, 2.75) is 27.2 Å². The maximum absolute atomic E-state index is 12.8. The van der Waals surface area contributed by atoms with Gasteiger partial charge in [-0.15, -0.1) is 0 Å². The molecule has 0 saturated heterocycles. The summed E-state index contributed by atoms with van der Waals surface area (Å²) >= 11 is 5.36. The first-order valence-electron chi connectivity index (χ1n) is 10.6. The molecule has 0 aliphatic carbocycles. The third kappa shape index (κ3) is 4.42. The molecule has 0 atom stereocenters. The lowest BCUT2D eigenvalue weighted by atomic mass is 10.1. The van der Waals surface area contributed by atoms with Gasteiger partial charge in [0.25, 0.3) is 5.56 Å². The van der Waals surface area contributed by atoms with E-state index in [1.807, 2.05) is 56.3 Å². The number of hydrogen-bond acceptors (Lipinski definition) is 5. The van der Waals surface area contributed by atoms with Gasteiger partial charge >= 0.3 is 0 Å². The van der Waals surface area contributed by atoms with Crippen LogP contribution >= 0.6 is 12.2 Å². The second-order valence-corrected chi connectivity index (χ2v) is 8.38. The van der Waals surface area contributed by atoms with Crippen LogP contribution < -0.4 is 21.5 Å². The number of nitrogens with zero attached hydrogens (tertiary/aromatic N) is 2. The van der Waals surface area contributed by atoms with E-state index < -0.39 is 5.56 Å². The van der Waals surface area contributed by atoms with Crippen LogP contribution in [0.15, 0.2) is 57.9 Å². The number of H-pyrrole nitrogens is 1. The molecule has 168 valence electrons. The molecule has 7 nitrogen and oxygen atoms in total. The van der Waals surface area contributed by atoms with Crippen LogP contribution in [0.1, 0.15) is 30.0 Å². The SMILES string of the molecule is CC(=O)NCCC1=c2ccccc2=N/C1=C\c1c(O)n(-c2ccc(C)cc2C)c(=S)[nH]c1=O. The molecule has 2 aromatic carbocycles. The third-order valence-electron chi connectivity index (χ3n) is 5.52. The predicted octanol–water partition coefficient (Wildman–Crippen LogP) is 2.57. The average Bonchev–Trinajstić information content (AvgIpc) is 3.09. The Bertz CT molecular complexity index is 1550. The number of aromatic hydroxyl groups is 1. The zero-order chi connectivity index (χ0) is 23.7. The van der Waals surface area contributed by atoms with Gasteiger partial charge in [0.05, 0.1) is 16.7 Å². The molecule has 3 N–H and O–H groups in total. The number of benzene rings is 2. The number of aromatic amines is 1. The van der Waals surface area contributed by atoms with Gasteiger partial charge < -0.3 is 10.4 Å². The van der Waals surface area contributed by atoms with Crippen molar-refractivity contribution in [3.05, 3.63) is 90.6 Å². The van der Waals surface area contributed by atoms with E-state index in [-0.39, 0.29) is 22.1 Å². The Morgan fingerprint density at radius 2 is 2.00 bits per heavy atom. The highest BCUT2D eigenvalue weighted by atomic mass is 32.1. The van der Waals surface area contributed by atoms with Crippen molar-refractivity contribution in [2.75, 3.05) is 6.54 Å². The smallest absolute Gasteiger partial charge is 0.262 e. The molecular weight excluding hydrogens is 436 g/mol. The first-order chi connectivity index (χ1) is 15.8. The standard InChI is InChI=1S/C25H24N4O3S/c1-14-8-9-22(15(2)12-14)29-24(32)19(23(31)28-25(29)33)13-21-18(10-11-26-16(3)30)17-6-4-5-7-20(17)27-21/h4-9,12-13,32H,10-11H2,1-3H3,(H,26,30)(H,28,31,33)/b21-13-. The van der Waals surface area contributed by atoms with Crippen LogP contribution in [0.5, 0.6) is 5.88 Å². The van der Waals surface area contributed by atoms with E-state index >= 15 is 0 Å². The Balaban J connectivity index is 1.88. The van der Waals surface area contributed by atoms with Gasteiger partial charge in [-0.2, -0.15) is 0 Å². The van der Waals surface area contributed by atoms with Gasteiger partial charge in [-0.05, 0) is 61.8 Å². The van der Waals surface area contributed by atoms with Crippen LogP contribution in [-0.4, -0.2) is 27.1 Å². The Morgan fingerprint density at radius 3 is 2.73 bits per heavy atom. The number of hydrogen-bond donors (Lipinski definition) is 3.